The van der Waals surface area contributed by atoms with Crippen LogP contribution in [-0.2, 0) is 4.79 Å². The van der Waals surface area contributed by atoms with Crippen LogP contribution in [0.1, 0.15) is 5.56 Å². The lowest BCUT2D eigenvalue weighted by molar-refractivity contribution is 0.261. The quantitative estimate of drug-likeness (QED) is 0.699. The van der Waals surface area contributed by atoms with Crippen LogP contribution in [0.25, 0.3) is 0 Å². The maximum Gasteiger partial charge on any atom is 0.233 e. The van der Waals surface area contributed by atoms with Gasteiger partial charge in [-0.05, 0) is 26.2 Å². The summed E-state index contributed by atoms with van der Waals surface area (Å²) in [6.45, 7) is 1.48. The molecular formula is C11H14NO2. The van der Waals surface area contributed by atoms with E-state index in [1.165, 1.54) is 0 Å². The van der Waals surface area contributed by atoms with Gasteiger partial charge in [0.15, 0.2) is 0 Å². The number of carbonyl (C=O) groups excluding carboxylic acids is 1. The molecule has 1 aromatic carbocycles. The lowest BCUT2D eigenvalue weighted by Crippen LogP contribution is -2.19. The Morgan fingerprint density at radius 2 is 2.21 bits per heavy atom. The minimum atomic E-state index is 0.521. The zero-order chi connectivity index (χ0) is 10.4. The molecule has 0 unspecified atom stereocenters. The van der Waals surface area contributed by atoms with Gasteiger partial charge >= 0.3 is 0 Å². The van der Waals surface area contributed by atoms with Gasteiger partial charge in [-0.3, -0.25) is 4.79 Å². The van der Waals surface area contributed by atoms with Crippen LogP contribution in [0.15, 0.2) is 24.3 Å². The molecule has 75 valence electrons. The van der Waals surface area contributed by atoms with E-state index in [0.29, 0.717) is 17.9 Å². The molecule has 0 saturated carbocycles. The Morgan fingerprint density at radius 3 is 2.86 bits per heavy atom. The van der Waals surface area contributed by atoms with Gasteiger partial charge < -0.3 is 9.64 Å². The predicted octanol–water partition coefficient (Wildman–Crippen LogP) is 1.08. The summed E-state index contributed by atoms with van der Waals surface area (Å²) in [7, 11) is 3.97. The second-order valence-corrected chi connectivity index (χ2v) is 3.28. The summed E-state index contributed by atoms with van der Waals surface area (Å²) < 4.78 is 5.44. The Bertz CT molecular complexity index is 297. The van der Waals surface area contributed by atoms with Crippen molar-refractivity contribution in [2.45, 2.75) is 0 Å². The highest BCUT2D eigenvalue weighted by Crippen LogP contribution is 2.11. The van der Waals surface area contributed by atoms with Gasteiger partial charge in [-0.25, -0.2) is 0 Å². The van der Waals surface area contributed by atoms with E-state index in [9.17, 15) is 4.79 Å². The lowest BCUT2D eigenvalue weighted by Gasteiger charge is -2.10. The molecule has 0 saturated heterocycles. The molecule has 3 nitrogen and oxygen atoms in total. The number of likely N-dealkylation sites (N-methyl/N-ethyl adjacent to an activating group) is 1. The van der Waals surface area contributed by atoms with E-state index >= 15 is 0 Å². The van der Waals surface area contributed by atoms with Crippen LogP contribution >= 0.6 is 0 Å². The molecule has 0 aromatic heterocycles. The zero-order valence-electron chi connectivity index (χ0n) is 8.49. The molecule has 0 aliphatic heterocycles. The summed E-state index contributed by atoms with van der Waals surface area (Å²) in [6, 6.07) is 7.00. The van der Waals surface area contributed by atoms with Crippen LogP contribution in [0.2, 0.25) is 0 Å². The Balaban J connectivity index is 2.46. The van der Waals surface area contributed by atoms with Gasteiger partial charge in [0.25, 0.3) is 0 Å². The second kappa shape index (κ2) is 5.40. The normalized spacial score (nSPS) is 10.2. The summed E-state index contributed by atoms with van der Waals surface area (Å²) in [6.07, 6.45) is 1.83. The minimum absolute atomic E-state index is 0.521. The van der Waals surface area contributed by atoms with E-state index in [0.717, 1.165) is 6.54 Å². The van der Waals surface area contributed by atoms with Crippen molar-refractivity contribution in [1.29, 1.82) is 0 Å². The van der Waals surface area contributed by atoms with Crippen molar-refractivity contribution in [3.05, 3.63) is 29.8 Å². The Morgan fingerprint density at radius 1 is 1.43 bits per heavy atom. The Hall–Kier alpha value is -1.35. The Kier molecular flexibility index (Phi) is 4.13. The van der Waals surface area contributed by atoms with E-state index in [1.807, 2.05) is 31.3 Å². The van der Waals surface area contributed by atoms with E-state index in [1.54, 1.807) is 18.2 Å². The number of nitrogens with zero attached hydrogens (tertiary/aromatic N) is 1. The maximum absolute atomic E-state index is 10.4. The van der Waals surface area contributed by atoms with Crippen molar-refractivity contribution < 1.29 is 9.53 Å². The van der Waals surface area contributed by atoms with Crippen molar-refractivity contribution in [3.8, 4) is 5.75 Å². The smallest absolute Gasteiger partial charge is 0.233 e. The summed E-state index contributed by atoms with van der Waals surface area (Å²) in [5.41, 5.74) is 0.521. The molecule has 0 aliphatic rings. The standard InChI is InChI=1S/C11H14NO2/c1-12(2)6-7-14-11-5-3-4-10(8-11)9-13/h3-5,8H,6-7H2,1-2H3. The van der Waals surface area contributed by atoms with E-state index < -0.39 is 0 Å². The van der Waals surface area contributed by atoms with Crippen LogP contribution < -0.4 is 4.74 Å². The molecule has 1 radical (unpaired) electrons. The molecule has 0 N–H and O–H groups in total. The van der Waals surface area contributed by atoms with Gasteiger partial charge in [0, 0.05) is 12.1 Å². The van der Waals surface area contributed by atoms with Gasteiger partial charge in [-0.2, -0.15) is 0 Å². The fourth-order valence-electron chi connectivity index (χ4n) is 0.995. The number of benzene rings is 1. The van der Waals surface area contributed by atoms with Gasteiger partial charge in [-0.15, -0.1) is 0 Å². The predicted molar refractivity (Wildman–Crippen MR) is 55.3 cm³/mol. The highest BCUT2D eigenvalue weighted by molar-refractivity contribution is 5.75. The summed E-state index contributed by atoms with van der Waals surface area (Å²) >= 11 is 0. The van der Waals surface area contributed by atoms with Crippen molar-refractivity contribution in [3.63, 3.8) is 0 Å². The van der Waals surface area contributed by atoms with Gasteiger partial charge in [0.2, 0.25) is 6.29 Å². The molecule has 0 aliphatic carbocycles. The van der Waals surface area contributed by atoms with Crippen molar-refractivity contribution in [2.75, 3.05) is 27.2 Å². The second-order valence-electron chi connectivity index (χ2n) is 3.28. The van der Waals surface area contributed by atoms with E-state index in [-0.39, 0.29) is 0 Å². The molecule has 3 heteroatoms. The monoisotopic (exact) mass is 192 g/mol. The van der Waals surface area contributed by atoms with E-state index in [4.69, 9.17) is 4.74 Å². The van der Waals surface area contributed by atoms with E-state index in [2.05, 4.69) is 0 Å². The fourth-order valence-corrected chi connectivity index (χ4v) is 0.995. The molecule has 1 rings (SSSR count). The average molecular weight is 192 g/mol. The molecule has 1 aromatic rings. The molecule has 0 fully saturated rings. The van der Waals surface area contributed by atoms with Gasteiger partial charge in [0.05, 0.1) is 0 Å². The van der Waals surface area contributed by atoms with Crippen LogP contribution in [-0.4, -0.2) is 38.4 Å². The highest BCUT2D eigenvalue weighted by Gasteiger charge is 1.96. The first-order chi connectivity index (χ1) is 6.72. The van der Waals surface area contributed by atoms with Crippen LogP contribution in [0.4, 0.5) is 0 Å². The largest absolute Gasteiger partial charge is 0.492 e. The molecule has 0 spiro atoms. The first kappa shape index (κ1) is 10.7. The van der Waals surface area contributed by atoms with Crippen molar-refractivity contribution in [1.82, 2.24) is 4.90 Å². The van der Waals surface area contributed by atoms with Crippen molar-refractivity contribution in [2.24, 2.45) is 0 Å². The number of hydrogen-bond donors (Lipinski definition) is 0. The third-order valence-electron chi connectivity index (χ3n) is 1.76. The third kappa shape index (κ3) is 3.58. The maximum atomic E-state index is 10.4. The number of rotatable bonds is 5. The molecule has 0 bridgehead atoms. The Labute approximate surface area is 84.3 Å². The highest BCUT2D eigenvalue weighted by atomic mass is 16.5. The minimum Gasteiger partial charge on any atom is -0.492 e. The van der Waals surface area contributed by atoms with Crippen molar-refractivity contribution >= 4 is 6.29 Å². The lowest BCUT2D eigenvalue weighted by atomic mass is 10.2. The molecule has 0 heterocycles. The first-order valence-corrected chi connectivity index (χ1v) is 4.48. The number of hydrogen-bond acceptors (Lipinski definition) is 3. The molecule has 14 heavy (non-hydrogen) atoms. The zero-order valence-corrected chi connectivity index (χ0v) is 8.49. The van der Waals surface area contributed by atoms with Crippen LogP contribution in [0.5, 0.6) is 5.75 Å². The topological polar surface area (TPSA) is 29.5 Å². The van der Waals surface area contributed by atoms with Gasteiger partial charge in [-0.1, -0.05) is 12.1 Å². The molecular weight excluding hydrogens is 178 g/mol. The third-order valence-corrected chi connectivity index (χ3v) is 1.76. The first-order valence-electron chi connectivity index (χ1n) is 4.48. The average Bonchev–Trinajstić information content (AvgIpc) is 2.18. The molecule has 0 atom stereocenters. The molecule has 0 amide bonds. The summed E-state index contributed by atoms with van der Waals surface area (Å²) in [5, 5.41) is 0. The summed E-state index contributed by atoms with van der Waals surface area (Å²) in [4.78, 5) is 12.4. The van der Waals surface area contributed by atoms with Crippen LogP contribution in [0.3, 0.4) is 0 Å². The fraction of sp³-hybridized carbons (Fsp3) is 0.364. The summed E-state index contributed by atoms with van der Waals surface area (Å²) in [5.74, 6) is 0.715. The van der Waals surface area contributed by atoms with Gasteiger partial charge in [0.1, 0.15) is 12.4 Å². The number of ether oxygens (including phenoxy) is 1. The SMILES string of the molecule is CN(C)CCOc1cccc([C]=O)c1. The van der Waals surface area contributed by atoms with Crippen LogP contribution in [0, 0.1) is 0 Å².